The fourth-order valence-corrected chi connectivity index (χ4v) is 3.05. The summed E-state index contributed by atoms with van der Waals surface area (Å²) in [6, 6.07) is 18.0. The van der Waals surface area contributed by atoms with E-state index in [2.05, 4.69) is 17.1 Å². The zero-order chi connectivity index (χ0) is 15.4. The Kier molecular flexibility index (Phi) is 4.39. The number of thioether (sulfide) groups is 1. The van der Waals surface area contributed by atoms with Crippen LogP contribution < -0.4 is 5.56 Å². The van der Waals surface area contributed by atoms with Crippen LogP contribution in [0, 0.1) is 6.92 Å². The van der Waals surface area contributed by atoms with E-state index in [1.54, 1.807) is 17.0 Å². The minimum atomic E-state index is -0.0750. The fourth-order valence-electron chi connectivity index (χ4n) is 2.20. The summed E-state index contributed by atoms with van der Waals surface area (Å²) < 4.78 is 1.65. The summed E-state index contributed by atoms with van der Waals surface area (Å²) in [4.78, 5) is 16.8. The van der Waals surface area contributed by atoms with Gasteiger partial charge in [0.25, 0.3) is 5.56 Å². The maximum Gasteiger partial charge on any atom is 0.287 e. The summed E-state index contributed by atoms with van der Waals surface area (Å²) in [5.74, 6) is 0.737. The highest BCUT2D eigenvalue weighted by atomic mass is 32.2. The molecule has 110 valence electrons. The number of rotatable bonds is 4. The Hall–Kier alpha value is -2.33. The van der Waals surface area contributed by atoms with Crippen LogP contribution in [0.1, 0.15) is 11.1 Å². The van der Waals surface area contributed by atoms with Crippen molar-refractivity contribution < 1.29 is 0 Å². The summed E-state index contributed by atoms with van der Waals surface area (Å²) in [7, 11) is 0. The number of aromatic nitrogens is 2. The number of hydrogen-bond acceptors (Lipinski definition) is 3. The van der Waals surface area contributed by atoms with E-state index in [9.17, 15) is 4.79 Å². The molecule has 0 aliphatic rings. The molecule has 3 rings (SSSR count). The van der Waals surface area contributed by atoms with Gasteiger partial charge >= 0.3 is 0 Å². The lowest BCUT2D eigenvalue weighted by Crippen LogP contribution is -2.20. The normalized spacial score (nSPS) is 10.6. The molecule has 0 radical (unpaired) electrons. The molecule has 1 aromatic heterocycles. The minimum absolute atomic E-state index is 0.0750. The van der Waals surface area contributed by atoms with Gasteiger partial charge in [0.2, 0.25) is 0 Å². The van der Waals surface area contributed by atoms with Crippen LogP contribution >= 0.6 is 11.8 Å². The van der Waals surface area contributed by atoms with Gasteiger partial charge in [0.05, 0.1) is 0 Å². The lowest BCUT2D eigenvalue weighted by atomic mass is 10.2. The van der Waals surface area contributed by atoms with Crippen molar-refractivity contribution in [2.24, 2.45) is 0 Å². The molecule has 0 saturated heterocycles. The van der Waals surface area contributed by atoms with E-state index in [0.717, 1.165) is 17.0 Å². The molecule has 1 heterocycles. The zero-order valence-corrected chi connectivity index (χ0v) is 13.1. The molecule has 2 aromatic carbocycles. The molecule has 0 saturated carbocycles. The third kappa shape index (κ3) is 3.28. The molecule has 3 nitrogen and oxygen atoms in total. The quantitative estimate of drug-likeness (QED) is 0.687. The van der Waals surface area contributed by atoms with Gasteiger partial charge in [0.15, 0.2) is 5.03 Å². The van der Waals surface area contributed by atoms with E-state index in [1.165, 1.54) is 17.3 Å². The van der Waals surface area contributed by atoms with E-state index in [4.69, 9.17) is 0 Å². The Morgan fingerprint density at radius 1 is 1.09 bits per heavy atom. The Bertz CT molecular complexity index is 828. The average Bonchev–Trinajstić information content (AvgIpc) is 2.55. The van der Waals surface area contributed by atoms with Gasteiger partial charge in [-0.2, -0.15) is 0 Å². The number of benzene rings is 2. The average molecular weight is 308 g/mol. The molecule has 0 fully saturated rings. The highest BCUT2D eigenvalue weighted by Crippen LogP contribution is 2.18. The van der Waals surface area contributed by atoms with E-state index < -0.39 is 0 Å². The lowest BCUT2D eigenvalue weighted by Gasteiger charge is -2.08. The number of hydrogen-bond donors (Lipinski definition) is 0. The van der Waals surface area contributed by atoms with Crippen LogP contribution in [-0.2, 0) is 5.75 Å². The Balaban J connectivity index is 1.88. The van der Waals surface area contributed by atoms with Crippen molar-refractivity contribution in [1.82, 2.24) is 9.55 Å². The van der Waals surface area contributed by atoms with Crippen LogP contribution in [0.3, 0.4) is 0 Å². The van der Waals surface area contributed by atoms with E-state index >= 15 is 0 Å². The van der Waals surface area contributed by atoms with E-state index in [0.29, 0.717) is 5.03 Å². The van der Waals surface area contributed by atoms with Gasteiger partial charge in [0.1, 0.15) is 0 Å². The molecule has 0 bridgehead atoms. The summed E-state index contributed by atoms with van der Waals surface area (Å²) in [5.41, 5.74) is 3.10. The Morgan fingerprint density at radius 2 is 1.91 bits per heavy atom. The molecule has 0 unspecified atom stereocenters. The molecular weight excluding hydrogens is 292 g/mol. The maximum atomic E-state index is 12.6. The predicted octanol–water partition coefficient (Wildman–Crippen LogP) is 3.83. The standard InChI is InChI=1S/C18H16N2OS/c1-14-6-5-9-16(12-14)20-11-10-19-17(18(20)21)22-13-15-7-3-2-4-8-15/h2-12H,13H2,1H3. The fraction of sp³-hybridized carbons (Fsp3) is 0.111. The van der Waals surface area contributed by atoms with Crippen LogP contribution in [0.5, 0.6) is 0 Å². The second-order valence-corrected chi connectivity index (χ2v) is 5.98. The topological polar surface area (TPSA) is 34.9 Å². The summed E-state index contributed by atoms with van der Waals surface area (Å²) in [6.45, 7) is 2.01. The van der Waals surface area contributed by atoms with Crippen LogP contribution in [0.25, 0.3) is 5.69 Å². The van der Waals surface area contributed by atoms with Crippen LogP contribution in [0.4, 0.5) is 0 Å². The van der Waals surface area contributed by atoms with Gasteiger partial charge in [0, 0.05) is 23.8 Å². The SMILES string of the molecule is Cc1cccc(-n2ccnc(SCc3ccccc3)c2=O)c1. The van der Waals surface area contributed by atoms with Crippen LogP contribution in [-0.4, -0.2) is 9.55 Å². The second-order valence-electron chi connectivity index (χ2n) is 5.02. The van der Waals surface area contributed by atoms with E-state index in [1.807, 2.05) is 49.4 Å². The number of nitrogens with zero attached hydrogens (tertiary/aromatic N) is 2. The van der Waals surface area contributed by atoms with Crippen LogP contribution in [0.15, 0.2) is 76.8 Å². The van der Waals surface area contributed by atoms with Gasteiger partial charge in [-0.15, -0.1) is 0 Å². The molecule has 0 aliphatic carbocycles. The summed E-state index contributed by atoms with van der Waals surface area (Å²) in [5, 5.41) is 0.521. The molecule has 0 spiro atoms. The third-order valence-electron chi connectivity index (χ3n) is 3.31. The first-order valence-electron chi connectivity index (χ1n) is 7.05. The highest BCUT2D eigenvalue weighted by molar-refractivity contribution is 7.98. The Labute approximate surface area is 133 Å². The lowest BCUT2D eigenvalue weighted by molar-refractivity contribution is 0.881. The van der Waals surface area contributed by atoms with Crippen molar-refractivity contribution >= 4 is 11.8 Å². The predicted molar refractivity (Wildman–Crippen MR) is 90.6 cm³/mol. The molecule has 0 N–H and O–H groups in total. The molecule has 0 aliphatic heterocycles. The van der Waals surface area contributed by atoms with Gasteiger partial charge in [-0.3, -0.25) is 9.36 Å². The molecular formula is C18H16N2OS. The van der Waals surface area contributed by atoms with Gasteiger partial charge in [-0.25, -0.2) is 4.98 Å². The van der Waals surface area contributed by atoms with Crippen molar-refractivity contribution in [2.45, 2.75) is 17.7 Å². The Morgan fingerprint density at radius 3 is 2.68 bits per heavy atom. The van der Waals surface area contributed by atoms with Gasteiger partial charge < -0.3 is 0 Å². The summed E-state index contributed by atoms with van der Waals surface area (Å²) >= 11 is 1.47. The zero-order valence-electron chi connectivity index (χ0n) is 12.3. The largest absolute Gasteiger partial charge is 0.287 e. The van der Waals surface area contributed by atoms with Crippen molar-refractivity contribution in [3.05, 3.63) is 88.5 Å². The van der Waals surface area contributed by atoms with Gasteiger partial charge in [-0.05, 0) is 30.2 Å². The molecule has 22 heavy (non-hydrogen) atoms. The molecule has 4 heteroatoms. The monoisotopic (exact) mass is 308 g/mol. The van der Waals surface area contributed by atoms with Crippen molar-refractivity contribution in [2.75, 3.05) is 0 Å². The van der Waals surface area contributed by atoms with Gasteiger partial charge in [-0.1, -0.05) is 54.2 Å². The first kappa shape index (κ1) is 14.6. The maximum absolute atomic E-state index is 12.6. The summed E-state index contributed by atoms with van der Waals surface area (Å²) in [6.07, 6.45) is 3.39. The highest BCUT2D eigenvalue weighted by Gasteiger charge is 2.07. The molecule has 0 atom stereocenters. The van der Waals surface area contributed by atoms with Crippen molar-refractivity contribution in [3.63, 3.8) is 0 Å². The first-order chi connectivity index (χ1) is 10.7. The smallest absolute Gasteiger partial charge is 0.280 e. The van der Waals surface area contributed by atoms with Crippen molar-refractivity contribution in [3.8, 4) is 5.69 Å². The first-order valence-corrected chi connectivity index (χ1v) is 8.04. The molecule has 3 aromatic rings. The number of aryl methyl sites for hydroxylation is 1. The van der Waals surface area contributed by atoms with Crippen LogP contribution in [0.2, 0.25) is 0 Å². The van der Waals surface area contributed by atoms with Crippen molar-refractivity contribution in [1.29, 1.82) is 0 Å². The minimum Gasteiger partial charge on any atom is -0.280 e. The van der Waals surface area contributed by atoms with E-state index in [-0.39, 0.29) is 5.56 Å². The second kappa shape index (κ2) is 6.62. The third-order valence-corrected chi connectivity index (χ3v) is 4.34. The molecule has 0 amide bonds.